The van der Waals surface area contributed by atoms with Crippen LogP contribution < -0.4 is 0 Å². The fourth-order valence-corrected chi connectivity index (χ4v) is 2.30. The van der Waals surface area contributed by atoms with E-state index in [9.17, 15) is 9.90 Å². The van der Waals surface area contributed by atoms with E-state index in [-0.39, 0.29) is 17.6 Å². The molecule has 1 unspecified atom stereocenters. The van der Waals surface area contributed by atoms with Crippen LogP contribution in [0.5, 0.6) is 5.75 Å². The summed E-state index contributed by atoms with van der Waals surface area (Å²) in [5.74, 6) is -0.297. The van der Waals surface area contributed by atoms with Crippen LogP contribution in [0.25, 0.3) is 11.1 Å². The minimum absolute atomic E-state index is 0.184. The molecule has 5 heteroatoms. The lowest BCUT2D eigenvalue weighted by Crippen LogP contribution is -2.19. The molecule has 2 aromatic rings. The first-order valence-corrected chi connectivity index (χ1v) is 7.39. The van der Waals surface area contributed by atoms with Crippen molar-refractivity contribution in [2.45, 2.75) is 26.7 Å². The molecule has 0 saturated carbocycles. The molecule has 1 atom stereocenters. The molecule has 0 radical (unpaired) electrons. The molecule has 1 aromatic heterocycles. The summed E-state index contributed by atoms with van der Waals surface area (Å²) in [6.07, 6.45) is 6.01. The summed E-state index contributed by atoms with van der Waals surface area (Å²) in [5.41, 5.74) is 2.50. The number of hydrogen-bond donors (Lipinski definition) is 1. The van der Waals surface area contributed by atoms with Gasteiger partial charge in [-0.3, -0.25) is 4.79 Å². The molecule has 0 aliphatic carbocycles. The van der Waals surface area contributed by atoms with Crippen LogP contribution in [-0.4, -0.2) is 27.7 Å². The van der Waals surface area contributed by atoms with E-state index in [1.807, 2.05) is 19.1 Å². The fraction of sp³-hybridized carbons (Fsp3) is 0.353. The largest absolute Gasteiger partial charge is 0.508 e. The number of ether oxygens (including phenoxy) is 1. The molecule has 1 aromatic carbocycles. The summed E-state index contributed by atoms with van der Waals surface area (Å²) in [6, 6.07) is 5.31. The second kappa shape index (κ2) is 7.54. The van der Waals surface area contributed by atoms with Gasteiger partial charge in [-0.2, -0.15) is 0 Å². The van der Waals surface area contributed by atoms with Gasteiger partial charge in [-0.25, -0.2) is 9.97 Å². The van der Waals surface area contributed by atoms with Crippen LogP contribution in [0.4, 0.5) is 0 Å². The van der Waals surface area contributed by atoms with Crippen molar-refractivity contribution < 1.29 is 14.6 Å². The second-order valence-corrected chi connectivity index (χ2v) is 5.03. The molecule has 0 aliphatic heterocycles. The van der Waals surface area contributed by atoms with Gasteiger partial charge in [0, 0.05) is 18.0 Å². The normalized spacial score (nSPS) is 11.9. The van der Waals surface area contributed by atoms with Gasteiger partial charge in [0.25, 0.3) is 0 Å². The highest BCUT2D eigenvalue weighted by Gasteiger charge is 2.20. The second-order valence-electron chi connectivity index (χ2n) is 5.03. The highest BCUT2D eigenvalue weighted by atomic mass is 16.5. The Kier molecular flexibility index (Phi) is 5.47. The molecule has 2 rings (SSSR count). The van der Waals surface area contributed by atoms with Crippen LogP contribution in [0.2, 0.25) is 0 Å². The van der Waals surface area contributed by atoms with Crippen molar-refractivity contribution in [3.8, 4) is 16.9 Å². The molecule has 0 amide bonds. The average molecular weight is 300 g/mol. The van der Waals surface area contributed by atoms with Crippen molar-refractivity contribution in [2.75, 3.05) is 6.61 Å². The third kappa shape index (κ3) is 3.81. The summed E-state index contributed by atoms with van der Waals surface area (Å²) in [4.78, 5) is 19.9. The first-order chi connectivity index (χ1) is 10.7. The average Bonchev–Trinajstić information content (AvgIpc) is 2.55. The summed E-state index contributed by atoms with van der Waals surface area (Å²) >= 11 is 0. The third-order valence-corrected chi connectivity index (χ3v) is 3.55. The zero-order chi connectivity index (χ0) is 15.9. The number of aromatic nitrogens is 2. The molecule has 0 bridgehead atoms. The summed E-state index contributed by atoms with van der Waals surface area (Å²) in [6.45, 7) is 4.09. The standard InChI is InChI=1S/C17H20N2O3/c1-3-12(17(21)22-4-2)7-14-8-13(5-6-16(14)20)15-9-18-11-19-10-15/h5-6,8-12,20H,3-4,7H2,1-2H3. The van der Waals surface area contributed by atoms with Gasteiger partial charge < -0.3 is 9.84 Å². The number of hydrogen-bond acceptors (Lipinski definition) is 5. The van der Waals surface area contributed by atoms with E-state index in [0.29, 0.717) is 19.4 Å². The molecular weight excluding hydrogens is 280 g/mol. The molecule has 0 saturated heterocycles. The number of nitrogens with zero attached hydrogens (tertiary/aromatic N) is 2. The van der Waals surface area contributed by atoms with E-state index >= 15 is 0 Å². The van der Waals surface area contributed by atoms with Crippen LogP contribution in [0.15, 0.2) is 36.9 Å². The first kappa shape index (κ1) is 15.9. The van der Waals surface area contributed by atoms with Gasteiger partial charge in [-0.15, -0.1) is 0 Å². The van der Waals surface area contributed by atoms with E-state index in [2.05, 4.69) is 9.97 Å². The Morgan fingerprint density at radius 3 is 2.59 bits per heavy atom. The van der Waals surface area contributed by atoms with Gasteiger partial charge in [-0.05, 0) is 43.0 Å². The summed E-state index contributed by atoms with van der Waals surface area (Å²) in [7, 11) is 0. The molecule has 1 heterocycles. The highest BCUT2D eigenvalue weighted by molar-refractivity contribution is 5.73. The van der Waals surface area contributed by atoms with E-state index in [0.717, 1.165) is 16.7 Å². The molecule has 22 heavy (non-hydrogen) atoms. The van der Waals surface area contributed by atoms with E-state index in [1.165, 1.54) is 6.33 Å². The molecule has 0 aliphatic rings. The number of carbonyl (C=O) groups excluding carboxylic acids is 1. The number of aromatic hydroxyl groups is 1. The Hall–Kier alpha value is -2.43. The Balaban J connectivity index is 2.25. The molecule has 1 N–H and O–H groups in total. The van der Waals surface area contributed by atoms with E-state index in [4.69, 9.17) is 4.74 Å². The van der Waals surface area contributed by atoms with E-state index < -0.39 is 0 Å². The molecular formula is C17H20N2O3. The topological polar surface area (TPSA) is 72.3 Å². The van der Waals surface area contributed by atoms with E-state index in [1.54, 1.807) is 25.4 Å². The Labute approximate surface area is 130 Å². The summed E-state index contributed by atoms with van der Waals surface area (Å²) in [5, 5.41) is 10.1. The lowest BCUT2D eigenvalue weighted by atomic mass is 9.94. The number of carbonyl (C=O) groups is 1. The van der Waals surface area contributed by atoms with Crippen LogP contribution in [0.3, 0.4) is 0 Å². The Bertz CT molecular complexity index is 629. The Morgan fingerprint density at radius 1 is 1.23 bits per heavy atom. The van der Waals surface area contributed by atoms with Crippen LogP contribution in [0.1, 0.15) is 25.8 Å². The smallest absolute Gasteiger partial charge is 0.309 e. The zero-order valence-electron chi connectivity index (χ0n) is 12.8. The number of benzene rings is 1. The number of rotatable bonds is 6. The highest BCUT2D eigenvalue weighted by Crippen LogP contribution is 2.28. The van der Waals surface area contributed by atoms with Crippen LogP contribution >= 0.6 is 0 Å². The van der Waals surface area contributed by atoms with Gasteiger partial charge in [0.15, 0.2) is 0 Å². The van der Waals surface area contributed by atoms with Gasteiger partial charge in [0.1, 0.15) is 12.1 Å². The summed E-state index contributed by atoms with van der Waals surface area (Å²) < 4.78 is 5.08. The van der Waals surface area contributed by atoms with Crippen molar-refractivity contribution >= 4 is 5.97 Å². The molecule has 0 fully saturated rings. The molecule has 116 valence electrons. The monoisotopic (exact) mass is 300 g/mol. The minimum atomic E-state index is -0.256. The van der Waals surface area contributed by atoms with Crippen molar-refractivity contribution in [2.24, 2.45) is 5.92 Å². The Morgan fingerprint density at radius 2 is 1.95 bits per heavy atom. The van der Waals surface area contributed by atoms with Crippen LogP contribution in [-0.2, 0) is 16.0 Å². The van der Waals surface area contributed by atoms with Crippen molar-refractivity contribution in [3.63, 3.8) is 0 Å². The van der Waals surface area contributed by atoms with Crippen molar-refractivity contribution in [1.29, 1.82) is 0 Å². The maximum absolute atomic E-state index is 11.9. The molecule has 0 spiro atoms. The number of phenols is 1. The van der Waals surface area contributed by atoms with Gasteiger partial charge in [-0.1, -0.05) is 13.0 Å². The maximum atomic E-state index is 11.9. The first-order valence-electron chi connectivity index (χ1n) is 7.39. The number of esters is 1. The molecule has 5 nitrogen and oxygen atoms in total. The van der Waals surface area contributed by atoms with Crippen molar-refractivity contribution in [3.05, 3.63) is 42.5 Å². The van der Waals surface area contributed by atoms with Crippen molar-refractivity contribution in [1.82, 2.24) is 9.97 Å². The zero-order valence-corrected chi connectivity index (χ0v) is 12.8. The predicted octanol–water partition coefficient (Wildman–Crippen LogP) is 2.98. The minimum Gasteiger partial charge on any atom is -0.508 e. The quantitative estimate of drug-likeness (QED) is 0.830. The third-order valence-electron chi connectivity index (χ3n) is 3.55. The predicted molar refractivity (Wildman–Crippen MR) is 83.3 cm³/mol. The van der Waals surface area contributed by atoms with Gasteiger partial charge >= 0.3 is 5.97 Å². The maximum Gasteiger partial charge on any atom is 0.309 e. The SMILES string of the molecule is CCOC(=O)C(CC)Cc1cc(-c2cncnc2)ccc1O. The lowest BCUT2D eigenvalue weighted by Gasteiger charge is -2.15. The van der Waals surface area contributed by atoms with Crippen LogP contribution in [0, 0.1) is 5.92 Å². The van der Waals surface area contributed by atoms with Gasteiger partial charge in [0.05, 0.1) is 12.5 Å². The number of phenolic OH excluding ortho intramolecular Hbond substituents is 1. The lowest BCUT2D eigenvalue weighted by molar-refractivity contribution is -0.148. The fourth-order valence-electron chi connectivity index (χ4n) is 2.30. The van der Waals surface area contributed by atoms with Gasteiger partial charge in [0.2, 0.25) is 0 Å².